The Bertz CT molecular complexity index is 948. The second-order valence-corrected chi connectivity index (χ2v) is 7.01. The van der Waals surface area contributed by atoms with Crippen LogP contribution in [0, 0.1) is 23.0 Å². The van der Waals surface area contributed by atoms with Gasteiger partial charge in [-0.2, -0.15) is 0 Å². The van der Waals surface area contributed by atoms with E-state index in [2.05, 4.69) is 5.32 Å². The number of hydrogen-bond donors (Lipinski definition) is 1. The van der Waals surface area contributed by atoms with Gasteiger partial charge < -0.3 is 10.2 Å². The maximum Gasteiger partial charge on any atom is 0.274 e. The molecule has 1 fully saturated rings. The lowest BCUT2D eigenvalue weighted by atomic mass is 10.1. The van der Waals surface area contributed by atoms with Crippen LogP contribution in [-0.4, -0.2) is 23.3 Å². The zero-order valence-electron chi connectivity index (χ0n) is 14.2. The number of rotatable bonds is 4. The molecule has 0 radical (unpaired) electrons. The Kier molecular flexibility index (Phi) is 5.34. The number of benzene rings is 2. The molecule has 7 nitrogen and oxygen atoms in total. The number of anilines is 2. The van der Waals surface area contributed by atoms with Gasteiger partial charge in [-0.1, -0.05) is 35.3 Å². The summed E-state index contributed by atoms with van der Waals surface area (Å²) >= 11 is 12.2. The van der Waals surface area contributed by atoms with Crippen molar-refractivity contribution in [1.82, 2.24) is 0 Å². The summed E-state index contributed by atoms with van der Waals surface area (Å²) < 4.78 is 0. The number of halogens is 2. The third-order valence-corrected chi connectivity index (χ3v) is 5.20. The van der Waals surface area contributed by atoms with E-state index in [4.69, 9.17) is 23.2 Å². The summed E-state index contributed by atoms with van der Waals surface area (Å²) in [6.07, 6.45) is 0.0165. The summed E-state index contributed by atoms with van der Waals surface area (Å²) in [6.45, 7) is 1.77. The predicted octanol–water partition coefficient (Wildman–Crippen LogP) is 4.20. The Hall–Kier alpha value is -2.64. The number of nitro benzene ring substituents is 1. The molecule has 2 amide bonds. The van der Waals surface area contributed by atoms with Gasteiger partial charge in [-0.05, 0) is 25.1 Å². The average Bonchev–Trinajstić information content (AvgIpc) is 3.00. The highest BCUT2D eigenvalue weighted by atomic mass is 35.5. The number of carbonyl (C=O) groups is 2. The minimum Gasteiger partial charge on any atom is -0.326 e. The highest BCUT2D eigenvalue weighted by Crippen LogP contribution is 2.36. The fraction of sp³-hybridized carbons (Fsp3) is 0.222. The summed E-state index contributed by atoms with van der Waals surface area (Å²) in [5, 5.41) is 14.3. The van der Waals surface area contributed by atoms with Crippen molar-refractivity contribution in [3.05, 3.63) is 62.1 Å². The van der Waals surface area contributed by atoms with E-state index in [9.17, 15) is 19.7 Å². The Balaban J connectivity index is 1.76. The number of carbonyl (C=O) groups excluding carboxylic acids is 2. The Morgan fingerprint density at radius 2 is 2.04 bits per heavy atom. The standard InChI is InChI=1S/C18H15Cl2N3O4/c1-10-5-6-12(8-15(10)23(26)27)21-18(25)11-7-16(24)22(9-11)14-4-2-3-13(19)17(14)20/h2-6,8,11H,7,9H2,1H3,(H,21,25)/t11-/m1/s1. The molecule has 27 heavy (non-hydrogen) atoms. The van der Waals surface area contributed by atoms with Gasteiger partial charge in [0.15, 0.2) is 0 Å². The number of amides is 2. The summed E-state index contributed by atoms with van der Waals surface area (Å²) in [5.74, 6) is -1.23. The molecule has 1 aliphatic rings. The summed E-state index contributed by atoms with van der Waals surface area (Å²) in [5.41, 5.74) is 1.18. The Labute approximate surface area is 165 Å². The van der Waals surface area contributed by atoms with Crippen LogP contribution in [0.3, 0.4) is 0 Å². The molecule has 1 atom stereocenters. The van der Waals surface area contributed by atoms with Crippen molar-refractivity contribution in [1.29, 1.82) is 0 Å². The predicted molar refractivity (Wildman–Crippen MR) is 103 cm³/mol. The molecular formula is C18H15Cl2N3O4. The number of hydrogen-bond acceptors (Lipinski definition) is 4. The lowest BCUT2D eigenvalue weighted by molar-refractivity contribution is -0.385. The molecule has 1 saturated heterocycles. The van der Waals surface area contributed by atoms with Gasteiger partial charge in [0, 0.05) is 30.3 Å². The van der Waals surface area contributed by atoms with Gasteiger partial charge in [-0.3, -0.25) is 19.7 Å². The third-order valence-electron chi connectivity index (χ3n) is 4.39. The van der Waals surface area contributed by atoms with E-state index >= 15 is 0 Å². The lowest BCUT2D eigenvalue weighted by Gasteiger charge is -2.18. The molecule has 0 saturated carbocycles. The van der Waals surface area contributed by atoms with Gasteiger partial charge >= 0.3 is 0 Å². The molecule has 140 valence electrons. The van der Waals surface area contributed by atoms with Crippen LogP contribution in [0.2, 0.25) is 10.0 Å². The maximum atomic E-state index is 12.5. The van der Waals surface area contributed by atoms with Gasteiger partial charge in [0.1, 0.15) is 0 Å². The molecule has 1 aliphatic heterocycles. The van der Waals surface area contributed by atoms with Crippen LogP contribution >= 0.6 is 23.2 Å². The van der Waals surface area contributed by atoms with Crippen LogP contribution in [0.15, 0.2) is 36.4 Å². The van der Waals surface area contributed by atoms with E-state index in [0.29, 0.717) is 22.0 Å². The fourth-order valence-electron chi connectivity index (χ4n) is 2.95. The number of nitro groups is 1. The zero-order chi connectivity index (χ0) is 19.7. The maximum absolute atomic E-state index is 12.5. The van der Waals surface area contributed by atoms with E-state index in [1.54, 1.807) is 37.3 Å². The molecule has 0 bridgehead atoms. The Morgan fingerprint density at radius 1 is 1.30 bits per heavy atom. The van der Waals surface area contributed by atoms with Crippen molar-refractivity contribution < 1.29 is 14.5 Å². The molecular weight excluding hydrogens is 393 g/mol. The monoisotopic (exact) mass is 407 g/mol. The molecule has 9 heteroatoms. The summed E-state index contributed by atoms with van der Waals surface area (Å²) in [7, 11) is 0. The van der Waals surface area contributed by atoms with Crippen LogP contribution in [0.25, 0.3) is 0 Å². The third kappa shape index (κ3) is 3.89. The first-order valence-corrected chi connectivity index (χ1v) is 8.84. The van der Waals surface area contributed by atoms with Crippen LogP contribution in [0.5, 0.6) is 0 Å². The van der Waals surface area contributed by atoms with E-state index in [-0.39, 0.29) is 35.5 Å². The fourth-order valence-corrected chi connectivity index (χ4v) is 3.34. The first-order chi connectivity index (χ1) is 12.8. The first kappa shape index (κ1) is 19.1. The van der Waals surface area contributed by atoms with Crippen molar-refractivity contribution in [2.24, 2.45) is 5.92 Å². The highest BCUT2D eigenvalue weighted by molar-refractivity contribution is 6.44. The number of nitrogens with one attached hydrogen (secondary N) is 1. The quantitative estimate of drug-likeness (QED) is 0.606. The molecule has 0 aromatic heterocycles. The van der Waals surface area contributed by atoms with Gasteiger partial charge in [0.2, 0.25) is 11.8 Å². The molecule has 1 heterocycles. The van der Waals surface area contributed by atoms with Gasteiger partial charge in [-0.25, -0.2) is 0 Å². The molecule has 0 spiro atoms. The van der Waals surface area contributed by atoms with E-state index < -0.39 is 10.8 Å². The molecule has 0 aliphatic carbocycles. The number of nitrogens with zero attached hydrogens (tertiary/aromatic N) is 2. The SMILES string of the molecule is Cc1ccc(NC(=O)[C@@H]2CC(=O)N(c3cccc(Cl)c3Cl)C2)cc1[N+](=O)[O-]. The zero-order valence-corrected chi connectivity index (χ0v) is 15.8. The first-order valence-electron chi connectivity index (χ1n) is 8.08. The van der Waals surface area contributed by atoms with E-state index in [1.807, 2.05) is 0 Å². The van der Waals surface area contributed by atoms with Crippen LogP contribution in [0.4, 0.5) is 17.1 Å². The topological polar surface area (TPSA) is 92.6 Å². The summed E-state index contributed by atoms with van der Waals surface area (Å²) in [6, 6.07) is 9.40. The van der Waals surface area contributed by atoms with Crippen molar-refractivity contribution >= 4 is 52.1 Å². The largest absolute Gasteiger partial charge is 0.326 e. The van der Waals surface area contributed by atoms with Crippen molar-refractivity contribution in [2.75, 3.05) is 16.8 Å². The molecule has 0 unspecified atom stereocenters. The molecule has 1 N–H and O–H groups in total. The van der Waals surface area contributed by atoms with Crippen molar-refractivity contribution in [2.45, 2.75) is 13.3 Å². The average molecular weight is 408 g/mol. The lowest BCUT2D eigenvalue weighted by Crippen LogP contribution is -2.28. The number of aryl methyl sites for hydroxylation is 1. The molecule has 2 aromatic rings. The van der Waals surface area contributed by atoms with Gasteiger partial charge in [0.25, 0.3) is 5.69 Å². The Morgan fingerprint density at radius 3 is 2.74 bits per heavy atom. The van der Waals surface area contributed by atoms with Crippen LogP contribution < -0.4 is 10.2 Å². The molecule has 2 aromatic carbocycles. The van der Waals surface area contributed by atoms with E-state index in [1.165, 1.54) is 11.0 Å². The van der Waals surface area contributed by atoms with Crippen molar-refractivity contribution in [3.63, 3.8) is 0 Å². The molecule has 3 rings (SSSR count). The normalized spacial score (nSPS) is 16.5. The van der Waals surface area contributed by atoms with E-state index in [0.717, 1.165) is 0 Å². The highest BCUT2D eigenvalue weighted by Gasteiger charge is 2.36. The van der Waals surface area contributed by atoms with Crippen LogP contribution in [-0.2, 0) is 9.59 Å². The minimum atomic E-state index is -0.604. The smallest absolute Gasteiger partial charge is 0.274 e. The second-order valence-electron chi connectivity index (χ2n) is 6.23. The minimum absolute atomic E-state index is 0.0165. The van der Waals surface area contributed by atoms with Crippen molar-refractivity contribution in [3.8, 4) is 0 Å². The van der Waals surface area contributed by atoms with Gasteiger partial charge in [-0.15, -0.1) is 0 Å². The second kappa shape index (κ2) is 7.54. The van der Waals surface area contributed by atoms with Gasteiger partial charge in [0.05, 0.1) is 26.6 Å². The van der Waals surface area contributed by atoms with Crippen LogP contribution in [0.1, 0.15) is 12.0 Å². The summed E-state index contributed by atoms with van der Waals surface area (Å²) in [4.78, 5) is 36.8.